The lowest BCUT2D eigenvalue weighted by Gasteiger charge is -2.11. The number of hydrogen-bond acceptors (Lipinski definition) is 4. The first-order chi connectivity index (χ1) is 24.3. The maximum Gasteiger partial charge on any atom is 0.164 e. The van der Waals surface area contributed by atoms with Gasteiger partial charge in [0.15, 0.2) is 17.1 Å². The summed E-state index contributed by atoms with van der Waals surface area (Å²) in [4.78, 5) is 15.7. The Morgan fingerprint density at radius 2 is 0.918 bits per heavy atom. The van der Waals surface area contributed by atoms with E-state index in [0.29, 0.717) is 17.1 Å². The minimum atomic E-state index is 0.664. The van der Waals surface area contributed by atoms with Crippen LogP contribution in [-0.2, 0) is 0 Å². The second kappa shape index (κ2) is 10.1. The number of rotatable bonds is 1. The van der Waals surface area contributed by atoms with E-state index in [0.717, 1.165) is 21.7 Å². The molecule has 0 radical (unpaired) electrons. The molecule has 49 heavy (non-hydrogen) atoms. The van der Waals surface area contributed by atoms with Gasteiger partial charge in [-0.2, -0.15) is 0 Å². The van der Waals surface area contributed by atoms with Gasteiger partial charge in [0.25, 0.3) is 0 Å². The molecule has 0 aliphatic heterocycles. The van der Waals surface area contributed by atoms with Gasteiger partial charge in [-0.25, -0.2) is 15.0 Å². The molecule has 226 valence electrons. The van der Waals surface area contributed by atoms with Gasteiger partial charge in [0.2, 0.25) is 0 Å². The molecule has 0 amide bonds. The van der Waals surface area contributed by atoms with Gasteiger partial charge in [0.1, 0.15) is 0 Å². The first-order valence-electron chi connectivity index (χ1n) is 16.5. The molecule has 0 unspecified atom stereocenters. The van der Waals surface area contributed by atoms with E-state index in [-0.39, 0.29) is 0 Å². The summed E-state index contributed by atoms with van der Waals surface area (Å²) in [5, 5.41) is 16.5. The Labute approximate surface area is 284 Å². The van der Waals surface area contributed by atoms with Gasteiger partial charge < -0.3 is 0 Å². The van der Waals surface area contributed by atoms with Crippen LogP contribution < -0.4 is 0 Å². The third-order valence-electron chi connectivity index (χ3n) is 10.0. The molecule has 0 atom stereocenters. The lowest BCUT2D eigenvalue weighted by molar-refractivity contribution is 1.18. The zero-order valence-corrected chi connectivity index (χ0v) is 27.0. The van der Waals surface area contributed by atoms with Crippen molar-refractivity contribution in [2.45, 2.75) is 0 Å². The van der Waals surface area contributed by atoms with Crippen LogP contribution in [0.4, 0.5) is 0 Å². The molecule has 0 fully saturated rings. The summed E-state index contributed by atoms with van der Waals surface area (Å²) >= 11 is 1.82. The molecular formula is C45H25N3S. The smallest absolute Gasteiger partial charge is 0.164 e. The Bertz CT molecular complexity index is 3200. The van der Waals surface area contributed by atoms with Crippen LogP contribution in [0, 0.1) is 0 Å². The molecule has 8 aromatic carbocycles. The highest BCUT2D eigenvalue weighted by molar-refractivity contribution is 7.26. The largest absolute Gasteiger partial charge is 0.208 e. The first-order valence-corrected chi connectivity index (χ1v) is 17.3. The molecule has 4 heteroatoms. The normalized spacial score (nSPS) is 12.1. The van der Waals surface area contributed by atoms with Gasteiger partial charge in [-0.15, -0.1) is 11.3 Å². The maximum absolute atomic E-state index is 5.27. The van der Waals surface area contributed by atoms with Crippen LogP contribution in [-0.4, -0.2) is 15.0 Å². The van der Waals surface area contributed by atoms with Crippen LogP contribution >= 0.6 is 11.3 Å². The average Bonchev–Trinajstić information content (AvgIpc) is 3.56. The lowest BCUT2D eigenvalue weighted by atomic mass is 9.93. The van der Waals surface area contributed by atoms with Gasteiger partial charge >= 0.3 is 0 Å². The minimum absolute atomic E-state index is 0.664. The molecule has 0 saturated carbocycles. The first kappa shape index (κ1) is 26.8. The van der Waals surface area contributed by atoms with Crippen LogP contribution in [0.2, 0.25) is 0 Å². The van der Waals surface area contributed by atoms with E-state index in [2.05, 4.69) is 152 Å². The summed E-state index contributed by atoms with van der Waals surface area (Å²) in [6.45, 7) is 0. The maximum atomic E-state index is 5.27. The van der Waals surface area contributed by atoms with Gasteiger partial charge in [-0.05, 0) is 84.2 Å². The predicted octanol–water partition coefficient (Wildman–Crippen LogP) is 12.5. The summed E-state index contributed by atoms with van der Waals surface area (Å²) in [5.41, 5.74) is 2.31. The summed E-state index contributed by atoms with van der Waals surface area (Å²) < 4.78 is 2.48. The number of nitrogens with zero attached hydrogens (tertiary/aromatic N) is 3. The predicted molar refractivity (Wildman–Crippen MR) is 210 cm³/mol. The third-order valence-corrected chi connectivity index (χ3v) is 11.2. The monoisotopic (exact) mass is 639 g/mol. The van der Waals surface area contributed by atoms with Crippen LogP contribution in [0.25, 0.3) is 107 Å². The third kappa shape index (κ3) is 3.98. The molecule has 3 heterocycles. The van der Waals surface area contributed by atoms with Gasteiger partial charge in [-0.3, -0.25) is 0 Å². The highest BCUT2D eigenvalue weighted by Crippen LogP contribution is 2.40. The molecule has 0 aliphatic carbocycles. The SMILES string of the molecule is c1cc2cc(c1)c1ccccc1c1ccc3sc4cccc(c5nc(-c6ccc7c8ccccc8c8ccccc8c7c6)nc2n5)c4c3c1. The second-order valence-electron chi connectivity index (χ2n) is 12.8. The zero-order valence-electron chi connectivity index (χ0n) is 26.2. The molecule has 3 nitrogen and oxygen atoms in total. The van der Waals surface area contributed by atoms with Crippen LogP contribution in [0.15, 0.2) is 152 Å². The fourth-order valence-corrected chi connectivity index (χ4v) is 8.91. The van der Waals surface area contributed by atoms with Crippen molar-refractivity contribution in [3.63, 3.8) is 0 Å². The standard InChI is InChI=1S/C45H25N3S/c1-2-12-31-27-20-22-40-39(24-27)42-37(17-8-18-41(42)49-40)45-47-43(28-10-7-9-26(23-28)30(31)11-1)46-44(48-45)29-19-21-36-34-15-4-3-13-32(34)33-14-5-6-16-35(33)38(36)25-29/h1-25H. The molecule has 0 saturated heterocycles. The molecule has 3 aromatic heterocycles. The Morgan fingerprint density at radius 3 is 1.67 bits per heavy atom. The topological polar surface area (TPSA) is 38.7 Å². The van der Waals surface area contributed by atoms with Crippen molar-refractivity contribution in [1.29, 1.82) is 0 Å². The highest BCUT2D eigenvalue weighted by Gasteiger charge is 2.15. The van der Waals surface area contributed by atoms with Crippen LogP contribution in [0.3, 0.4) is 0 Å². The van der Waals surface area contributed by atoms with Crippen molar-refractivity contribution in [2.75, 3.05) is 0 Å². The van der Waals surface area contributed by atoms with E-state index >= 15 is 0 Å². The summed E-state index contributed by atoms with van der Waals surface area (Å²) in [6.07, 6.45) is 0. The zero-order chi connectivity index (χ0) is 32.1. The van der Waals surface area contributed by atoms with E-state index in [1.54, 1.807) is 0 Å². The van der Waals surface area contributed by atoms with Crippen molar-refractivity contribution in [2.24, 2.45) is 0 Å². The fourth-order valence-electron chi connectivity index (χ4n) is 7.79. The summed E-state index contributed by atoms with van der Waals surface area (Å²) in [5.74, 6) is 0.664. The molecule has 0 aliphatic rings. The Kier molecular flexibility index (Phi) is 5.54. The van der Waals surface area contributed by atoms with Crippen molar-refractivity contribution in [1.82, 2.24) is 15.0 Å². The van der Waals surface area contributed by atoms with E-state index in [1.807, 2.05) is 11.3 Å². The Morgan fingerprint density at radius 1 is 0.327 bits per heavy atom. The number of thiophene rings is 1. The van der Waals surface area contributed by atoms with Crippen molar-refractivity contribution < 1.29 is 0 Å². The Hall–Kier alpha value is -6.23. The van der Waals surface area contributed by atoms with E-state index in [1.165, 1.54) is 68.6 Å². The van der Waals surface area contributed by atoms with Crippen molar-refractivity contribution in [3.8, 4) is 11.4 Å². The number of aromatic nitrogens is 3. The van der Waals surface area contributed by atoms with Crippen LogP contribution in [0.1, 0.15) is 0 Å². The van der Waals surface area contributed by atoms with Crippen molar-refractivity contribution >= 4 is 107 Å². The van der Waals surface area contributed by atoms with E-state index in [9.17, 15) is 0 Å². The molecule has 0 spiro atoms. The highest BCUT2D eigenvalue weighted by atomic mass is 32.1. The summed E-state index contributed by atoms with van der Waals surface area (Å²) in [7, 11) is 0. The van der Waals surface area contributed by atoms with E-state index in [4.69, 9.17) is 15.0 Å². The van der Waals surface area contributed by atoms with Crippen molar-refractivity contribution in [3.05, 3.63) is 152 Å². The van der Waals surface area contributed by atoms with Gasteiger partial charge in [-0.1, -0.05) is 121 Å². The Balaban J connectivity index is 1.32. The minimum Gasteiger partial charge on any atom is -0.208 e. The number of fused-ring (bicyclic) bond motifs is 16. The number of benzene rings is 8. The molecule has 0 N–H and O–H groups in total. The van der Waals surface area contributed by atoms with Gasteiger partial charge in [0, 0.05) is 36.5 Å². The quantitative estimate of drug-likeness (QED) is 0.168. The molecule has 11 aromatic rings. The number of hydrogen-bond donors (Lipinski definition) is 0. The van der Waals surface area contributed by atoms with E-state index < -0.39 is 0 Å². The lowest BCUT2D eigenvalue weighted by Crippen LogP contribution is -1.95. The molecular weight excluding hydrogens is 615 g/mol. The second-order valence-corrected chi connectivity index (χ2v) is 13.9. The van der Waals surface area contributed by atoms with Gasteiger partial charge in [0.05, 0.1) is 0 Å². The fraction of sp³-hybridized carbons (Fsp3) is 0. The summed E-state index contributed by atoms with van der Waals surface area (Å²) in [6, 6.07) is 54.7. The average molecular weight is 640 g/mol. The molecule has 6 bridgehead atoms. The molecule has 11 rings (SSSR count). The van der Waals surface area contributed by atoms with Crippen LogP contribution in [0.5, 0.6) is 0 Å².